The summed E-state index contributed by atoms with van der Waals surface area (Å²) in [7, 11) is 0. The summed E-state index contributed by atoms with van der Waals surface area (Å²) in [6.45, 7) is 0.123. The van der Waals surface area contributed by atoms with Gasteiger partial charge in [0.2, 0.25) is 6.17 Å². The number of likely N-dealkylation sites (tertiary alicyclic amines) is 1. The van der Waals surface area contributed by atoms with Gasteiger partial charge in [0.1, 0.15) is 0 Å². The first kappa shape index (κ1) is 16.7. The third-order valence-corrected chi connectivity index (χ3v) is 4.56. The zero-order chi connectivity index (χ0) is 17.4. The van der Waals surface area contributed by atoms with Gasteiger partial charge in [0.15, 0.2) is 5.69 Å². The number of hydrogen-bond acceptors (Lipinski definition) is 3. The second-order valence-electron chi connectivity index (χ2n) is 5.45. The van der Waals surface area contributed by atoms with Crippen molar-refractivity contribution >= 4 is 35.1 Å². The molecule has 6 nitrogen and oxygen atoms in total. The van der Waals surface area contributed by atoms with E-state index in [0.29, 0.717) is 15.7 Å². The van der Waals surface area contributed by atoms with E-state index in [1.54, 1.807) is 24.4 Å². The molecule has 1 fully saturated rings. The molecule has 1 aliphatic rings. The summed E-state index contributed by atoms with van der Waals surface area (Å²) in [5.74, 6) is -2.55. The lowest BCUT2D eigenvalue weighted by Gasteiger charge is -2.39. The van der Waals surface area contributed by atoms with E-state index in [1.165, 1.54) is 15.6 Å². The lowest BCUT2D eigenvalue weighted by molar-refractivity contribution is -0.147. The zero-order valence-corrected chi connectivity index (χ0v) is 13.7. The Kier molecular flexibility index (Phi) is 4.47. The van der Waals surface area contributed by atoms with Crippen LogP contribution in [-0.4, -0.2) is 50.9 Å². The van der Waals surface area contributed by atoms with Gasteiger partial charge in [-0.1, -0.05) is 23.2 Å². The number of benzene rings is 1. The van der Waals surface area contributed by atoms with Crippen molar-refractivity contribution < 1.29 is 19.1 Å². The number of aliphatic carboxylic acids is 1. The molecule has 1 amide bonds. The van der Waals surface area contributed by atoms with Crippen molar-refractivity contribution in [2.45, 2.75) is 6.17 Å². The Labute approximate surface area is 146 Å². The second-order valence-corrected chi connectivity index (χ2v) is 6.27. The molecular weight excluding hydrogens is 360 g/mol. The highest BCUT2D eigenvalue weighted by Gasteiger charge is 2.40. The summed E-state index contributed by atoms with van der Waals surface area (Å²) in [5.41, 5.74) is 0.824. The van der Waals surface area contributed by atoms with Gasteiger partial charge >= 0.3 is 5.97 Å². The van der Waals surface area contributed by atoms with Gasteiger partial charge in [-0.2, -0.15) is 5.10 Å². The summed E-state index contributed by atoms with van der Waals surface area (Å²) in [6, 6.07) is 6.47. The van der Waals surface area contributed by atoms with E-state index in [1.807, 2.05) is 0 Å². The maximum atomic E-state index is 13.3. The molecule has 1 aromatic carbocycles. The van der Waals surface area contributed by atoms with Gasteiger partial charge < -0.3 is 10.0 Å². The van der Waals surface area contributed by atoms with Crippen LogP contribution < -0.4 is 0 Å². The minimum Gasteiger partial charge on any atom is -0.479 e. The Hall–Kier alpha value is -2.12. The van der Waals surface area contributed by atoms with E-state index in [9.17, 15) is 14.0 Å². The Morgan fingerprint density at radius 1 is 1.25 bits per heavy atom. The number of hydrogen-bond donors (Lipinski definition) is 1. The first-order valence-electron chi connectivity index (χ1n) is 7.04. The van der Waals surface area contributed by atoms with Crippen molar-refractivity contribution in [3.8, 4) is 5.69 Å². The highest BCUT2D eigenvalue weighted by Crippen LogP contribution is 2.25. The molecule has 1 aromatic heterocycles. The average molecular weight is 372 g/mol. The first-order chi connectivity index (χ1) is 11.4. The van der Waals surface area contributed by atoms with E-state index < -0.39 is 18.1 Å². The van der Waals surface area contributed by atoms with Gasteiger partial charge in [0.25, 0.3) is 5.91 Å². The maximum Gasteiger partial charge on any atom is 0.338 e. The highest BCUT2D eigenvalue weighted by molar-refractivity contribution is 6.42. The largest absolute Gasteiger partial charge is 0.479 e. The number of carboxylic acids is 1. The molecule has 1 aliphatic heterocycles. The van der Waals surface area contributed by atoms with Crippen LogP contribution in [0, 0.1) is 5.92 Å². The molecule has 0 saturated carbocycles. The SMILES string of the molecule is O=C(O)C(F)C1CN(C(=O)c2ccn(-c3ccc(Cl)c(Cl)c3)n2)C1. The number of alkyl halides is 1. The number of carboxylic acid groups (broad SMARTS) is 1. The molecule has 24 heavy (non-hydrogen) atoms. The highest BCUT2D eigenvalue weighted by atomic mass is 35.5. The Morgan fingerprint density at radius 3 is 2.58 bits per heavy atom. The Balaban J connectivity index is 1.69. The van der Waals surface area contributed by atoms with Crippen molar-refractivity contribution in [3.05, 3.63) is 46.2 Å². The molecule has 0 bridgehead atoms. The molecule has 3 rings (SSSR count). The van der Waals surface area contributed by atoms with Crippen LogP contribution >= 0.6 is 23.2 Å². The zero-order valence-electron chi connectivity index (χ0n) is 12.2. The number of aromatic nitrogens is 2. The Morgan fingerprint density at radius 2 is 1.96 bits per heavy atom. The normalized spacial score (nSPS) is 15.9. The van der Waals surface area contributed by atoms with E-state index >= 15 is 0 Å². The van der Waals surface area contributed by atoms with Crippen LogP contribution in [0.5, 0.6) is 0 Å². The molecule has 0 radical (unpaired) electrons. The smallest absolute Gasteiger partial charge is 0.338 e. The minimum absolute atomic E-state index is 0.0614. The molecule has 1 unspecified atom stereocenters. The fraction of sp³-hybridized carbons (Fsp3) is 0.267. The lowest BCUT2D eigenvalue weighted by Crippen LogP contribution is -2.55. The predicted octanol–water partition coefficient (Wildman–Crippen LogP) is 2.67. The van der Waals surface area contributed by atoms with Gasteiger partial charge in [-0.3, -0.25) is 4.79 Å². The van der Waals surface area contributed by atoms with Crippen molar-refractivity contribution in [2.24, 2.45) is 5.92 Å². The van der Waals surface area contributed by atoms with E-state index in [2.05, 4.69) is 5.10 Å². The van der Waals surface area contributed by atoms with Crippen LogP contribution in [0.3, 0.4) is 0 Å². The third kappa shape index (κ3) is 3.09. The molecule has 1 atom stereocenters. The molecule has 2 heterocycles. The van der Waals surface area contributed by atoms with Crippen LogP contribution in [0.25, 0.3) is 5.69 Å². The van der Waals surface area contributed by atoms with Crippen LogP contribution in [0.2, 0.25) is 10.0 Å². The number of carbonyl (C=O) groups excluding carboxylic acids is 1. The standard InChI is InChI=1S/C15H12Cl2FN3O3/c16-10-2-1-9(5-11(10)17)21-4-3-12(19-21)14(22)20-6-8(7-20)13(18)15(23)24/h1-5,8,13H,6-7H2,(H,23,24). The van der Waals surface area contributed by atoms with Crippen LogP contribution in [-0.2, 0) is 4.79 Å². The molecule has 1 N–H and O–H groups in total. The lowest BCUT2D eigenvalue weighted by atomic mass is 9.94. The summed E-state index contributed by atoms with van der Waals surface area (Å²) >= 11 is 11.8. The molecule has 126 valence electrons. The number of carbonyl (C=O) groups is 2. The molecular formula is C15H12Cl2FN3O3. The van der Waals surface area contributed by atoms with Gasteiger partial charge in [-0.05, 0) is 24.3 Å². The summed E-state index contributed by atoms with van der Waals surface area (Å²) in [6.07, 6.45) is -0.359. The molecule has 9 heteroatoms. The third-order valence-electron chi connectivity index (χ3n) is 3.82. The summed E-state index contributed by atoms with van der Waals surface area (Å²) < 4.78 is 14.8. The molecule has 2 aromatic rings. The average Bonchev–Trinajstić information content (AvgIpc) is 2.98. The van der Waals surface area contributed by atoms with Gasteiger partial charge in [-0.25, -0.2) is 13.9 Å². The van der Waals surface area contributed by atoms with Gasteiger partial charge in [-0.15, -0.1) is 0 Å². The van der Waals surface area contributed by atoms with Gasteiger partial charge in [0, 0.05) is 25.2 Å². The molecule has 0 aliphatic carbocycles. The quantitative estimate of drug-likeness (QED) is 0.896. The van der Waals surface area contributed by atoms with Crippen molar-refractivity contribution in [1.82, 2.24) is 14.7 Å². The van der Waals surface area contributed by atoms with Crippen LogP contribution in [0.15, 0.2) is 30.5 Å². The van der Waals surface area contributed by atoms with E-state index in [0.717, 1.165) is 0 Å². The fourth-order valence-corrected chi connectivity index (χ4v) is 2.73. The van der Waals surface area contributed by atoms with Crippen LogP contribution in [0.1, 0.15) is 10.5 Å². The Bertz CT molecular complexity index is 805. The number of amides is 1. The number of rotatable bonds is 4. The van der Waals surface area contributed by atoms with Gasteiger partial charge in [0.05, 0.1) is 15.7 Å². The number of nitrogens with zero attached hydrogens (tertiary/aromatic N) is 3. The molecule has 1 saturated heterocycles. The van der Waals surface area contributed by atoms with Crippen molar-refractivity contribution in [3.63, 3.8) is 0 Å². The number of halogens is 3. The minimum atomic E-state index is -1.96. The van der Waals surface area contributed by atoms with Crippen molar-refractivity contribution in [1.29, 1.82) is 0 Å². The summed E-state index contributed by atoms with van der Waals surface area (Å²) in [5, 5.41) is 13.6. The fourth-order valence-electron chi connectivity index (χ4n) is 2.44. The summed E-state index contributed by atoms with van der Waals surface area (Å²) in [4.78, 5) is 24.2. The maximum absolute atomic E-state index is 13.3. The topological polar surface area (TPSA) is 75.4 Å². The first-order valence-corrected chi connectivity index (χ1v) is 7.79. The monoisotopic (exact) mass is 371 g/mol. The predicted molar refractivity (Wildman–Crippen MR) is 85.5 cm³/mol. The van der Waals surface area contributed by atoms with Crippen molar-refractivity contribution in [2.75, 3.05) is 13.1 Å². The second kappa shape index (κ2) is 6.41. The van der Waals surface area contributed by atoms with E-state index in [-0.39, 0.29) is 24.7 Å². The van der Waals surface area contributed by atoms with Crippen LogP contribution in [0.4, 0.5) is 4.39 Å². The van der Waals surface area contributed by atoms with E-state index in [4.69, 9.17) is 28.3 Å². The molecule has 0 spiro atoms.